The van der Waals surface area contributed by atoms with Gasteiger partial charge in [-0.25, -0.2) is 0 Å². The number of ether oxygens (including phenoxy) is 1. The Kier molecular flexibility index (Phi) is 3.99. The highest BCUT2D eigenvalue weighted by atomic mass is 35.5. The van der Waals surface area contributed by atoms with Gasteiger partial charge in [-0.2, -0.15) is 0 Å². The molecule has 1 unspecified atom stereocenters. The van der Waals surface area contributed by atoms with Crippen LogP contribution in [0.3, 0.4) is 0 Å². The molecular formula is C12H15ClN2O2. The molecular weight excluding hydrogens is 240 g/mol. The fourth-order valence-electron chi connectivity index (χ4n) is 1.99. The van der Waals surface area contributed by atoms with Gasteiger partial charge in [-0.3, -0.25) is 4.79 Å². The summed E-state index contributed by atoms with van der Waals surface area (Å²) in [6, 6.07) is 7.36. The van der Waals surface area contributed by atoms with Gasteiger partial charge in [0.05, 0.1) is 23.4 Å². The molecule has 1 aromatic rings. The van der Waals surface area contributed by atoms with Crippen LogP contribution >= 0.6 is 11.6 Å². The molecule has 5 heteroatoms. The second kappa shape index (κ2) is 5.49. The molecule has 0 saturated carbocycles. The normalized spacial score (nSPS) is 20.7. The first-order valence-corrected chi connectivity index (χ1v) is 5.90. The Balaban J connectivity index is 2.31. The number of benzene rings is 1. The lowest BCUT2D eigenvalue weighted by Gasteiger charge is -2.35. The van der Waals surface area contributed by atoms with Gasteiger partial charge < -0.3 is 15.0 Å². The van der Waals surface area contributed by atoms with Gasteiger partial charge in [0.15, 0.2) is 0 Å². The SMILES string of the molecule is CNCC1COCC(=O)N1c1ccccc1Cl. The van der Waals surface area contributed by atoms with Crippen molar-refractivity contribution in [2.24, 2.45) is 0 Å². The van der Waals surface area contributed by atoms with Crippen LogP contribution in [0.15, 0.2) is 24.3 Å². The van der Waals surface area contributed by atoms with Crippen molar-refractivity contribution >= 4 is 23.2 Å². The second-order valence-electron chi connectivity index (χ2n) is 3.94. The molecule has 1 amide bonds. The summed E-state index contributed by atoms with van der Waals surface area (Å²) in [5.74, 6) is -0.0513. The highest BCUT2D eigenvalue weighted by Gasteiger charge is 2.30. The van der Waals surface area contributed by atoms with Crippen molar-refractivity contribution in [1.29, 1.82) is 0 Å². The molecule has 0 radical (unpaired) electrons. The van der Waals surface area contributed by atoms with Crippen LogP contribution in [0.4, 0.5) is 5.69 Å². The Morgan fingerprint density at radius 2 is 2.29 bits per heavy atom. The third-order valence-corrected chi connectivity index (χ3v) is 3.04. The molecule has 1 aliphatic rings. The lowest BCUT2D eigenvalue weighted by atomic mass is 10.1. The molecule has 1 saturated heterocycles. The largest absolute Gasteiger partial charge is 0.369 e. The van der Waals surface area contributed by atoms with Crippen LogP contribution in [0.5, 0.6) is 0 Å². The van der Waals surface area contributed by atoms with Crippen molar-refractivity contribution in [2.45, 2.75) is 6.04 Å². The third kappa shape index (κ3) is 2.60. The number of hydrogen-bond acceptors (Lipinski definition) is 3. The molecule has 1 heterocycles. The molecule has 0 aliphatic carbocycles. The van der Waals surface area contributed by atoms with E-state index < -0.39 is 0 Å². The van der Waals surface area contributed by atoms with Crippen LogP contribution in [0.2, 0.25) is 5.02 Å². The van der Waals surface area contributed by atoms with Gasteiger partial charge in [-0.05, 0) is 19.2 Å². The van der Waals surface area contributed by atoms with E-state index in [-0.39, 0.29) is 18.6 Å². The molecule has 0 aromatic heterocycles. The minimum Gasteiger partial charge on any atom is -0.369 e. The number of amides is 1. The number of nitrogens with one attached hydrogen (secondary N) is 1. The van der Waals surface area contributed by atoms with Crippen molar-refractivity contribution in [3.05, 3.63) is 29.3 Å². The highest BCUT2D eigenvalue weighted by Crippen LogP contribution is 2.28. The fraction of sp³-hybridized carbons (Fsp3) is 0.417. The maximum absolute atomic E-state index is 11.9. The van der Waals surface area contributed by atoms with E-state index in [9.17, 15) is 4.79 Å². The van der Waals surface area contributed by atoms with E-state index >= 15 is 0 Å². The summed E-state index contributed by atoms with van der Waals surface area (Å²) in [6.45, 7) is 1.32. The standard InChI is InChI=1S/C12H15ClN2O2/c1-14-6-9-7-17-8-12(16)15(9)11-5-3-2-4-10(11)13/h2-5,9,14H,6-8H2,1H3. The number of morpholine rings is 1. The lowest BCUT2D eigenvalue weighted by Crippen LogP contribution is -2.53. The molecule has 1 atom stereocenters. The van der Waals surface area contributed by atoms with Crippen molar-refractivity contribution in [1.82, 2.24) is 5.32 Å². The van der Waals surface area contributed by atoms with E-state index in [2.05, 4.69) is 5.32 Å². The van der Waals surface area contributed by atoms with E-state index in [1.165, 1.54) is 0 Å². The van der Waals surface area contributed by atoms with Crippen LogP contribution in [0.1, 0.15) is 0 Å². The smallest absolute Gasteiger partial charge is 0.253 e. The lowest BCUT2D eigenvalue weighted by molar-refractivity contribution is -0.127. The number of anilines is 1. The molecule has 4 nitrogen and oxygen atoms in total. The zero-order valence-corrected chi connectivity index (χ0v) is 10.4. The van der Waals surface area contributed by atoms with Gasteiger partial charge in [-0.15, -0.1) is 0 Å². The number of hydrogen-bond donors (Lipinski definition) is 1. The average Bonchev–Trinajstić information content (AvgIpc) is 2.31. The molecule has 92 valence electrons. The molecule has 1 fully saturated rings. The third-order valence-electron chi connectivity index (χ3n) is 2.72. The van der Waals surface area contributed by atoms with E-state index in [0.29, 0.717) is 18.2 Å². The Morgan fingerprint density at radius 1 is 1.53 bits per heavy atom. The molecule has 0 spiro atoms. The van der Waals surface area contributed by atoms with E-state index in [1.54, 1.807) is 11.0 Å². The maximum Gasteiger partial charge on any atom is 0.253 e. The minimum absolute atomic E-state index is 0.0128. The molecule has 2 rings (SSSR count). The number of halogens is 1. The number of rotatable bonds is 3. The average molecular weight is 255 g/mol. The summed E-state index contributed by atoms with van der Waals surface area (Å²) in [7, 11) is 1.85. The predicted molar refractivity (Wildman–Crippen MR) is 67.5 cm³/mol. The van der Waals surface area contributed by atoms with Crippen LogP contribution in [-0.4, -0.2) is 38.8 Å². The van der Waals surface area contributed by atoms with Gasteiger partial charge >= 0.3 is 0 Å². The topological polar surface area (TPSA) is 41.6 Å². The van der Waals surface area contributed by atoms with Crippen molar-refractivity contribution in [3.8, 4) is 0 Å². The first-order chi connectivity index (χ1) is 8.24. The molecule has 0 bridgehead atoms. The Morgan fingerprint density at radius 3 is 3.00 bits per heavy atom. The van der Waals surface area contributed by atoms with Gasteiger partial charge in [0.2, 0.25) is 0 Å². The summed E-state index contributed by atoms with van der Waals surface area (Å²) in [6.07, 6.45) is 0. The number of nitrogens with zero attached hydrogens (tertiary/aromatic N) is 1. The van der Waals surface area contributed by atoms with Crippen molar-refractivity contribution < 1.29 is 9.53 Å². The molecule has 1 aromatic carbocycles. The highest BCUT2D eigenvalue weighted by molar-refractivity contribution is 6.33. The van der Waals surface area contributed by atoms with Gasteiger partial charge in [0, 0.05) is 6.54 Å². The summed E-state index contributed by atoms with van der Waals surface area (Å²) >= 11 is 6.13. The zero-order chi connectivity index (χ0) is 12.3. The minimum atomic E-state index is -0.0513. The first-order valence-electron chi connectivity index (χ1n) is 5.53. The van der Waals surface area contributed by atoms with Crippen LogP contribution in [-0.2, 0) is 9.53 Å². The Bertz CT molecular complexity index is 409. The number of para-hydroxylation sites is 1. The Hall–Kier alpha value is -1.10. The zero-order valence-electron chi connectivity index (χ0n) is 9.65. The van der Waals surface area contributed by atoms with Gasteiger partial charge in [-0.1, -0.05) is 23.7 Å². The van der Waals surface area contributed by atoms with Crippen molar-refractivity contribution in [3.63, 3.8) is 0 Å². The number of likely N-dealkylation sites (N-methyl/N-ethyl adjacent to an activating group) is 1. The van der Waals surface area contributed by atoms with Crippen LogP contribution in [0, 0.1) is 0 Å². The van der Waals surface area contributed by atoms with Gasteiger partial charge in [0.1, 0.15) is 6.61 Å². The second-order valence-corrected chi connectivity index (χ2v) is 4.35. The van der Waals surface area contributed by atoms with Crippen LogP contribution in [0.25, 0.3) is 0 Å². The van der Waals surface area contributed by atoms with Crippen molar-refractivity contribution in [2.75, 3.05) is 31.7 Å². The predicted octanol–water partition coefficient (Wildman–Crippen LogP) is 1.29. The maximum atomic E-state index is 11.9. The Labute approximate surface area is 106 Å². The first kappa shape index (κ1) is 12.4. The molecule has 17 heavy (non-hydrogen) atoms. The molecule has 1 N–H and O–H groups in total. The van der Waals surface area contributed by atoms with E-state index in [1.807, 2.05) is 25.2 Å². The van der Waals surface area contributed by atoms with E-state index in [0.717, 1.165) is 5.69 Å². The summed E-state index contributed by atoms with van der Waals surface area (Å²) < 4.78 is 5.26. The summed E-state index contributed by atoms with van der Waals surface area (Å²) in [5, 5.41) is 3.65. The number of carbonyl (C=O) groups excluding carboxylic acids is 1. The molecule has 1 aliphatic heterocycles. The monoisotopic (exact) mass is 254 g/mol. The van der Waals surface area contributed by atoms with Crippen LogP contribution < -0.4 is 10.2 Å². The fourth-order valence-corrected chi connectivity index (χ4v) is 2.22. The van der Waals surface area contributed by atoms with Gasteiger partial charge in [0.25, 0.3) is 5.91 Å². The van der Waals surface area contributed by atoms with E-state index in [4.69, 9.17) is 16.3 Å². The quantitative estimate of drug-likeness (QED) is 0.884. The summed E-state index contributed by atoms with van der Waals surface area (Å²) in [5.41, 5.74) is 0.753. The summed E-state index contributed by atoms with van der Waals surface area (Å²) in [4.78, 5) is 13.7. The number of carbonyl (C=O) groups is 1.